The maximum Gasteiger partial charge on any atom is 0.258 e. The highest BCUT2D eigenvalue weighted by atomic mass is 16.5. The summed E-state index contributed by atoms with van der Waals surface area (Å²) in [5.74, 6) is 1.77. The van der Waals surface area contributed by atoms with Crippen molar-refractivity contribution in [2.45, 2.75) is 19.5 Å². The van der Waals surface area contributed by atoms with Crippen LogP contribution in [0.25, 0.3) is 10.9 Å². The van der Waals surface area contributed by atoms with Gasteiger partial charge in [0.2, 0.25) is 0 Å². The first-order chi connectivity index (χ1) is 14.7. The van der Waals surface area contributed by atoms with Crippen LogP contribution in [0.2, 0.25) is 0 Å². The van der Waals surface area contributed by atoms with Crippen molar-refractivity contribution in [1.82, 2.24) is 19.8 Å². The molecule has 158 valence electrons. The molecule has 7 nitrogen and oxygen atoms in total. The number of rotatable bonds is 6. The zero-order valence-corrected chi connectivity index (χ0v) is 17.6. The van der Waals surface area contributed by atoms with Gasteiger partial charge < -0.3 is 14.5 Å². The monoisotopic (exact) mass is 408 g/mol. The van der Waals surface area contributed by atoms with Crippen molar-refractivity contribution in [3.8, 4) is 11.5 Å². The van der Waals surface area contributed by atoms with Crippen LogP contribution in [0.4, 0.5) is 0 Å². The highest BCUT2D eigenvalue weighted by Gasteiger charge is 2.17. The van der Waals surface area contributed by atoms with Crippen molar-refractivity contribution in [1.29, 1.82) is 0 Å². The van der Waals surface area contributed by atoms with Crippen molar-refractivity contribution in [2.75, 3.05) is 40.4 Å². The van der Waals surface area contributed by atoms with Crippen LogP contribution in [0.1, 0.15) is 17.8 Å². The number of hydrogen-bond donors (Lipinski definition) is 1. The molecule has 2 heterocycles. The first kappa shape index (κ1) is 20.4. The van der Waals surface area contributed by atoms with E-state index in [1.807, 2.05) is 0 Å². The molecule has 4 rings (SSSR count). The molecule has 30 heavy (non-hydrogen) atoms. The summed E-state index contributed by atoms with van der Waals surface area (Å²) >= 11 is 0. The second-order valence-corrected chi connectivity index (χ2v) is 7.63. The maximum absolute atomic E-state index is 12.6. The van der Waals surface area contributed by atoms with E-state index in [-0.39, 0.29) is 5.56 Å². The van der Waals surface area contributed by atoms with Gasteiger partial charge >= 0.3 is 0 Å². The fourth-order valence-corrected chi connectivity index (χ4v) is 3.98. The molecule has 0 amide bonds. The van der Waals surface area contributed by atoms with Gasteiger partial charge in [0.25, 0.3) is 5.56 Å². The normalized spacial score (nSPS) is 15.8. The minimum atomic E-state index is -0.156. The topological polar surface area (TPSA) is 70.7 Å². The lowest BCUT2D eigenvalue weighted by atomic mass is 10.2. The lowest BCUT2D eigenvalue weighted by molar-refractivity contribution is 0.244. The average Bonchev–Trinajstić information content (AvgIpc) is 2.98. The molecule has 0 radical (unpaired) electrons. The van der Waals surface area contributed by atoms with Gasteiger partial charge in [0.05, 0.1) is 31.7 Å². The quantitative estimate of drug-likeness (QED) is 0.676. The van der Waals surface area contributed by atoms with E-state index >= 15 is 0 Å². The van der Waals surface area contributed by atoms with E-state index < -0.39 is 0 Å². The molecule has 7 heteroatoms. The Morgan fingerprint density at radius 3 is 2.30 bits per heavy atom. The van der Waals surface area contributed by atoms with Gasteiger partial charge in [-0.05, 0) is 31.1 Å². The fraction of sp³-hybridized carbons (Fsp3) is 0.391. The molecule has 1 saturated heterocycles. The van der Waals surface area contributed by atoms with E-state index in [1.54, 1.807) is 26.4 Å². The number of nitrogens with zero attached hydrogens (tertiary/aromatic N) is 3. The van der Waals surface area contributed by atoms with Gasteiger partial charge in [-0.1, -0.05) is 30.3 Å². The highest BCUT2D eigenvalue weighted by molar-refractivity contribution is 5.81. The lowest BCUT2D eigenvalue weighted by Crippen LogP contribution is -2.31. The molecule has 1 fully saturated rings. The van der Waals surface area contributed by atoms with Gasteiger partial charge in [-0.2, -0.15) is 0 Å². The number of aromatic amines is 1. The Bertz CT molecular complexity index is 1050. The Morgan fingerprint density at radius 2 is 1.60 bits per heavy atom. The minimum absolute atomic E-state index is 0.156. The second kappa shape index (κ2) is 9.28. The number of fused-ring (bicyclic) bond motifs is 1. The van der Waals surface area contributed by atoms with E-state index in [0.29, 0.717) is 34.8 Å². The van der Waals surface area contributed by atoms with Crippen LogP contribution in [0.5, 0.6) is 11.5 Å². The van der Waals surface area contributed by atoms with Gasteiger partial charge in [-0.25, -0.2) is 4.98 Å². The summed E-state index contributed by atoms with van der Waals surface area (Å²) in [6.07, 6.45) is 1.09. The Hall–Kier alpha value is -2.90. The molecular formula is C23H28N4O3. The zero-order valence-electron chi connectivity index (χ0n) is 17.6. The van der Waals surface area contributed by atoms with E-state index in [2.05, 4.69) is 50.1 Å². The molecular weight excluding hydrogens is 380 g/mol. The molecule has 0 bridgehead atoms. The highest BCUT2D eigenvalue weighted by Crippen LogP contribution is 2.30. The summed E-state index contributed by atoms with van der Waals surface area (Å²) in [4.78, 5) is 25.1. The van der Waals surface area contributed by atoms with Crippen LogP contribution in [0, 0.1) is 0 Å². The number of H-pyrrole nitrogens is 1. The van der Waals surface area contributed by atoms with E-state index in [9.17, 15) is 4.79 Å². The van der Waals surface area contributed by atoms with Crippen molar-refractivity contribution < 1.29 is 9.47 Å². The Kier molecular flexibility index (Phi) is 6.30. The van der Waals surface area contributed by atoms with Crippen LogP contribution < -0.4 is 15.0 Å². The molecule has 1 aliphatic heterocycles. The third-order valence-electron chi connectivity index (χ3n) is 5.56. The third-order valence-corrected chi connectivity index (χ3v) is 5.56. The first-order valence-corrected chi connectivity index (χ1v) is 10.3. The van der Waals surface area contributed by atoms with Gasteiger partial charge in [0, 0.05) is 25.7 Å². The summed E-state index contributed by atoms with van der Waals surface area (Å²) in [5, 5.41) is 0.501. The average molecular weight is 409 g/mol. The van der Waals surface area contributed by atoms with E-state index in [0.717, 1.165) is 39.1 Å². The summed E-state index contributed by atoms with van der Waals surface area (Å²) < 4.78 is 10.7. The van der Waals surface area contributed by atoms with Crippen molar-refractivity contribution in [3.05, 3.63) is 64.2 Å². The number of methoxy groups -OCH3 is 2. The maximum atomic E-state index is 12.6. The van der Waals surface area contributed by atoms with Gasteiger partial charge in [0.15, 0.2) is 11.5 Å². The second-order valence-electron chi connectivity index (χ2n) is 7.63. The van der Waals surface area contributed by atoms with Crippen molar-refractivity contribution >= 4 is 10.9 Å². The molecule has 0 unspecified atom stereocenters. The Balaban J connectivity index is 1.46. The number of ether oxygens (including phenoxy) is 2. The largest absolute Gasteiger partial charge is 0.493 e. The third kappa shape index (κ3) is 4.63. The number of aromatic nitrogens is 2. The minimum Gasteiger partial charge on any atom is -0.493 e. The van der Waals surface area contributed by atoms with E-state index in [1.165, 1.54) is 5.56 Å². The molecule has 0 spiro atoms. The summed E-state index contributed by atoms with van der Waals surface area (Å²) in [7, 11) is 3.14. The van der Waals surface area contributed by atoms with Crippen LogP contribution >= 0.6 is 0 Å². The summed E-state index contributed by atoms with van der Waals surface area (Å²) in [5.41, 5.74) is 1.80. The van der Waals surface area contributed by atoms with Crippen LogP contribution in [0.15, 0.2) is 47.3 Å². The molecule has 2 aromatic carbocycles. The zero-order chi connectivity index (χ0) is 20.9. The Morgan fingerprint density at radius 1 is 0.933 bits per heavy atom. The molecule has 1 aliphatic rings. The molecule has 0 aliphatic carbocycles. The number of hydrogen-bond acceptors (Lipinski definition) is 6. The van der Waals surface area contributed by atoms with Crippen molar-refractivity contribution in [3.63, 3.8) is 0 Å². The van der Waals surface area contributed by atoms with Gasteiger partial charge in [-0.15, -0.1) is 0 Å². The molecule has 1 aromatic heterocycles. The molecule has 0 atom stereocenters. The predicted octanol–water partition coefficient (Wildman–Crippen LogP) is 2.65. The lowest BCUT2D eigenvalue weighted by Gasteiger charge is -2.21. The fourth-order valence-electron chi connectivity index (χ4n) is 3.98. The predicted molar refractivity (Wildman–Crippen MR) is 117 cm³/mol. The van der Waals surface area contributed by atoms with Gasteiger partial charge in [-0.3, -0.25) is 14.6 Å². The number of nitrogens with one attached hydrogen (secondary N) is 1. The Labute approximate surface area is 176 Å². The van der Waals surface area contributed by atoms with Crippen LogP contribution in [-0.4, -0.2) is 60.2 Å². The van der Waals surface area contributed by atoms with Gasteiger partial charge in [0.1, 0.15) is 5.82 Å². The SMILES string of the molecule is COc1cc2nc(CN3CCCN(Cc4ccccc4)CC3)[nH]c(=O)c2cc1OC. The van der Waals surface area contributed by atoms with Crippen LogP contribution in [-0.2, 0) is 13.1 Å². The summed E-state index contributed by atoms with van der Waals surface area (Å²) in [6.45, 7) is 5.60. The molecule has 3 aromatic rings. The smallest absolute Gasteiger partial charge is 0.258 e. The molecule has 0 saturated carbocycles. The molecule has 1 N–H and O–H groups in total. The van der Waals surface area contributed by atoms with E-state index in [4.69, 9.17) is 9.47 Å². The van der Waals surface area contributed by atoms with Crippen LogP contribution in [0.3, 0.4) is 0 Å². The summed E-state index contributed by atoms with van der Waals surface area (Å²) in [6, 6.07) is 14.0. The first-order valence-electron chi connectivity index (χ1n) is 10.3. The van der Waals surface area contributed by atoms with Crippen molar-refractivity contribution in [2.24, 2.45) is 0 Å². The standard InChI is InChI=1S/C23H28N4O3/c1-29-20-13-18-19(14-21(20)30-2)24-22(25-23(18)28)16-27-10-6-9-26(11-12-27)15-17-7-4-3-5-8-17/h3-5,7-8,13-14H,6,9-12,15-16H2,1-2H3,(H,24,25,28). The number of benzene rings is 2.